The fourth-order valence-electron chi connectivity index (χ4n) is 5.59. The molecule has 0 radical (unpaired) electrons. The Morgan fingerprint density at radius 3 is 2.50 bits per heavy atom. The maximum absolute atomic E-state index is 13.1. The first-order chi connectivity index (χ1) is 21.1. The van der Waals surface area contributed by atoms with E-state index in [1.54, 1.807) is 51.4 Å². The minimum absolute atomic E-state index is 0.0327. The second-order valence-corrected chi connectivity index (χ2v) is 14.3. The molecule has 44 heavy (non-hydrogen) atoms. The van der Waals surface area contributed by atoms with Crippen molar-refractivity contribution in [2.45, 2.75) is 69.6 Å². The number of rotatable bonds is 12. The van der Waals surface area contributed by atoms with Crippen molar-refractivity contribution in [3.63, 3.8) is 0 Å². The number of aromatic nitrogens is 4. The summed E-state index contributed by atoms with van der Waals surface area (Å²) in [4.78, 5) is 12.1. The van der Waals surface area contributed by atoms with Gasteiger partial charge in [0.2, 0.25) is 5.95 Å². The zero-order chi connectivity index (χ0) is 31.4. The number of sulfone groups is 1. The number of ether oxygens (including phenoxy) is 2. The number of H-pyrrole nitrogens is 1. The number of nitrogens with one attached hydrogen (secondary N) is 3. The van der Waals surface area contributed by atoms with Crippen molar-refractivity contribution in [3.05, 3.63) is 53.7 Å². The molecule has 0 bridgehead atoms. The Hall–Kier alpha value is -3.74. The monoisotopic (exact) mass is 621 g/mol. The second kappa shape index (κ2) is 13.5. The Bertz CT molecular complexity index is 1700. The first-order valence-electron chi connectivity index (χ1n) is 15.2. The number of piperidine rings is 1. The van der Waals surface area contributed by atoms with Gasteiger partial charge in [0.05, 0.1) is 45.8 Å². The lowest BCUT2D eigenvalue weighted by atomic mass is 9.86. The topological polar surface area (TPSA) is 134 Å². The minimum atomic E-state index is -3.54. The van der Waals surface area contributed by atoms with Gasteiger partial charge in [0.1, 0.15) is 11.6 Å². The van der Waals surface area contributed by atoms with Crippen LogP contribution in [0.15, 0.2) is 47.5 Å². The van der Waals surface area contributed by atoms with Crippen LogP contribution >= 0.6 is 0 Å². The van der Waals surface area contributed by atoms with Gasteiger partial charge in [0, 0.05) is 13.7 Å². The van der Waals surface area contributed by atoms with E-state index in [4.69, 9.17) is 14.5 Å². The van der Waals surface area contributed by atoms with E-state index < -0.39 is 15.1 Å². The average molecular weight is 622 g/mol. The maximum Gasteiger partial charge on any atom is 0.231 e. The molecule has 3 N–H and O–H groups in total. The molecular weight excluding hydrogens is 578 g/mol. The number of anilines is 4. The quantitative estimate of drug-likeness (QED) is 0.174. The van der Waals surface area contributed by atoms with Gasteiger partial charge in [-0.15, -0.1) is 0 Å². The molecule has 11 nitrogen and oxygen atoms in total. The number of aryl methyl sites for hydroxylation is 1. The molecule has 1 saturated heterocycles. The van der Waals surface area contributed by atoms with Gasteiger partial charge in [-0.3, -0.25) is 5.10 Å². The largest absolute Gasteiger partial charge is 0.489 e. The number of hydrogen-bond donors (Lipinski definition) is 3. The molecule has 0 spiro atoms. The molecule has 0 amide bonds. The lowest BCUT2D eigenvalue weighted by Gasteiger charge is -2.33. The molecule has 236 valence electrons. The maximum atomic E-state index is 13.1. The zero-order valence-corrected chi connectivity index (χ0v) is 27.2. The van der Waals surface area contributed by atoms with E-state index in [0.717, 1.165) is 50.5 Å². The molecule has 2 aromatic carbocycles. The van der Waals surface area contributed by atoms with Crippen LogP contribution in [0.4, 0.5) is 23.1 Å². The zero-order valence-electron chi connectivity index (χ0n) is 26.3. The van der Waals surface area contributed by atoms with Gasteiger partial charge in [0.15, 0.2) is 15.5 Å². The number of nitrogens with zero attached hydrogens (tertiary/aromatic N) is 4. The van der Waals surface area contributed by atoms with Crippen LogP contribution in [0.1, 0.15) is 57.6 Å². The average Bonchev–Trinajstić information content (AvgIpc) is 3.47. The minimum Gasteiger partial charge on any atom is -0.489 e. The third-order valence-electron chi connectivity index (χ3n) is 7.99. The predicted molar refractivity (Wildman–Crippen MR) is 174 cm³/mol. The van der Waals surface area contributed by atoms with E-state index in [2.05, 4.69) is 49.8 Å². The standard InChI is InChI=1S/C32H43N7O4S/c1-20(2)43-28-18-24(23-11-13-39(14-12-23)15-16-42-6)22(5)17-27(28)35-32-36-30(25-19-33-38-31(25)37-32)34-26-9-7-8-10-29(26)44(40,41)21(3)4/h7-10,17-21,23H,11-16H2,1-6H3,(H3,33,34,35,36,37,38). The van der Waals surface area contributed by atoms with Gasteiger partial charge >= 0.3 is 0 Å². The summed E-state index contributed by atoms with van der Waals surface area (Å²) in [6.07, 6.45) is 3.75. The molecule has 5 rings (SSSR count). The molecule has 0 atom stereocenters. The van der Waals surface area contributed by atoms with Gasteiger partial charge in [-0.1, -0.05) is 12.1 Å². The van der Waals surface area contributed by atoms with E-state index in [1.165, 1.54) is 11.1 Å². The SMILES string of the molecule is COCCN1CCC(c2cc(OC(C)C)c(Nc3nc(Nc4ccccc4S(=O)(=O)C(C)C)c4cn[nH]c4n3)cc2C)CC1. The molecule has 0 saturated carbocycles. The molecule has 2 aromatic heterocycles. The Morgan fingerprint density at radius 1 is 1.05 bits per heavy atom. The Morgan fingerprint density at radius 2 is 1.80 bits per heavy atom. The van der Waals surface area contributed by atoms with E-state index in [-0.39, 0.29) is 11.0 Å². The summed E-state index contributed by atoms with van der Waals surface area (Å²) in [5.41, 5.74) is 4.17. The number of hydrogen-bond acceptors (Lipinski definition) is 10. The molecular formula is C32H43N7O4S. The molecule has 3 heterocycles. The van der Waals surface area contributed by atoms with Crippen LogP contribution in [0.3, 0.4) is 0 Å². The van der Waals surface area contributed by atoms with Crippen molar-refractivity contribution < 1.29 is 17.9 Å². The van der Waals surface area contributed by atoms with E-state index in [1.807, 2.05) is 13.8 Å². The van der Waals surface area contributed by atoms with Crippen LogP contribution in [0.5, 0.6) is 5.75 Å². The highest BCUT2D eigenvalue weighted by Gasteiger charge is 2.25. The summed E-state index contributed by atoms with van der Waals surface area (Å²) in [7, 11) is -1.79. The number of para-hydroxylation sites is 1. The summed E-state index contributed by atoms with van der Waals surface area (Å²) < 4.78 is 37.8. The summed E-state index contributed by atoms with van der Waals surface area (Å²) in [6, 6.07) is 11.1. The molecule has 1 aliphatic heterocycles. The van der Waals surface area contributed by atoms with Crippen LogP contribution in [-0.2, 0) is 14.6 Å². The summed E-state index contributed by atoms with van der Waals surface area (Å²) in [5, 5.41) is 13.8. The second-order valence-electron chi connectivity index (χ2n) is 11.8. The highest BCUT2D eigenvalue weighted by molar-refractivity contribution is 7.92. The van der Waals surface area contributed by atoms with Gasteiger partial charge in [-0.2, -0.15) is 15.1 Å². The first-order valence-corrected chi connectivity index (χ1v) is 16.7. The third kappa shape index (κ3) is 6.98. The lowest BCUT2D eigenvalue weighted by Crippen LogP contribution is -2.35. The van der Waals surface area contributed by atoms with Crippen molar-refractivity contribution in [1.82, 2.24) is 25.1 Å². The summed E-state index contributed by atoms with van der Waals surface area (Å²) in [5.74, 6) is 1.93. The Balaban J connectivity index is 1.46. The molecule has 12 heteroatoms. The number of methoxy groups -OCH3 is 1. The fourth-order valence-corrected chi connectivity index (χ4v) is 6.79. The van der Waals surface area contributed by atoms with Crippen LogP contribution in [0, 0.1) is 6.92 Å². The van der Waals surface area contributed by atoms with Crippen LogP contribution in [0.2, 0.25) is 0 Å². The van der Waals surface area contributed by atoms with Crippen molar-refractivity contribution >= 4 is 44.0 Å². The van der Waals surface area contributed by atoms with Crippen molar-refractivity contribution in [3.8, 4) is 5.75 Å². The van der Waals surface area contributed by atoms with Gasteiger partial charge in [-0.05, 0) is 102 Å². The Kier molecular flexibility index (Phi) is 9.72. The van der Waals surface area contributed by atoms with Gasteiger partial charge in [-0.25, -0.2) is 8.42 Å². The molecule has 0 unspecified atom stereocenters. The molecule has 0 aliphatic carbocycles. The van der Waals surface area contributed by atoms with Crippen molar-refractivity contribution in [1.29, 1.82) is 0 Å². The smallest absolute Gasteiger partial charge is 0.231 e. The summed E-state index contributed by atoms with van der Waals surface area (Å²) in [6.45, 7) is 13.3. The van der Waals surface area contributed by atoms with E-state index in [9.17, 15) is 8.42 Å². The van der Waals surface area contributed by atoms with Crippen LogP contribution in [0.25, 0.3) is 11.0 Å². The normalized spacial score (nSPS) is 14.9. The highest BCUT2D eigenvalue weighted by atomic mass is 32.2. The molecule has 4 aromatic rings. The summed E-state index contributed by atoms with van der Waals surface area (Å²) >= 11 is 0. The number of aromatic amines is 1. The fraction of sp³-hybridized carbons (Fsp3) is 0.469. The number of likely N-dealkylation sites (tertiary alicyclic amines) is 1. The third-order valence-corrected chi connectivity index (χ3v) is 10.2. The lowest BCUT2D eigenvalue weighted by molar-refractivity contribution is 0.130. The van der Waals surface area contributed by atoms with Crippen LogP contribution in [-0.4, -0.2) is 78.2 Å². The molecule has 1 fully saturated rings. The Labute approximate surface area is 259 Å². The number of fused-ring (bicyclic) bond motifs is 1. The van der Waals surface area contributed by atoms with Gasteiger partial charge < -0.3 is 25.0 Å². The molecule has 1 aliphatic rings. The first kappa shape index (κ1) is 31.7. The predicted octanol–water partition coefficient (Wildman–Crippen LogP) is 5.94. The number of benzene rings is 2. The highest BCUT2D eigenvalue weighted by Crippen LogP contribution is 2.38. The van der Waals surface area contributed by atoms with Crippen molar-refractivity contribution in [2.24, 2.45) is 0 Å². The van der Waals surface area contributed by atoms with Crippen molar-refractivity contribution in [2.75, 3.05) is 44.0 Å². The van der Waals surface area contributed by atoms with Crippen LogP contribution < -0.4 is 15.4 Å². The van der Waals surface area contributed by atoms with Gasteiger partial charge in [0.25, 0.3) is 0 Å². The van der Waals surface area contributed by atoms with E-state index >= 15 is 0 Å². The van der Waals surface area contributed by atoms with E-state index in [0.29, 0.717) is 34.4 Å².